The monoisotopic (exact) mass is 400 g/mol. The van der Waals surface area contributed by atoms with Crippen LogP contribution in [0.5, 0.6) is 0 Å². The standard InChI is InChI=1S/C20H21FN4O2S/c21-15-3-5-16(6-4-15)25-18(14-17(23-25)19-2-1-13-28-19)20(26)22-7-8-24-9-11-27-12-10-24/h1-6,13-14H,7-12H2,(H,22,26). The number of ether oxygens (including phenoxy) is 1. The number of hydrogen-bond acceptors (Lipinski definition) is 5. The first-order valence-electron chi connectivity index (χ1n) is 9.19. The van der Waals surface area contributed by atoms with Crippen LogP contribution in [0.2, 0.25) is 0 Å². The van der Waals surface area contributed by atoms with Crippen LogP contribution in [0, 0.1) is 5.82 Å². The molecule has 0 unspecified atom stereocenters. The summed E-state index contributed by atoms with van der Waals surface area (Å²) < 4.78 is 20.2. The van der Waals surface area contributed by atoms with Crippen LogP contribution in [0.15, 0.2) is 47.8 Å². The summed E-state index contributed by atoms with van der Waals surface area (Å²) >= 11 is 1.56. The summed E-state index contributed by atoms with van der Waals surface area (Å²) in [5.41, 5.74) is 1.79. The van der Waals surface area contributed by atoms with E-state index in [1.807, 2.05) is 17.5 Å². The lowest BCUT2D eigenvalue weighted by Gasteiger charge is -2.26. The van der Waals surface area contributed by atoms with Crippen molar-refractivity contribution in [1.82, 2.24) is 20.0 Å². The molecule has 1 amide bonds. The Labute approximate surface area is 166 Å². The topological polar surface area (TPSA) is 59.4 Å². The number of amides is 1. The first-order valence-corrected chi connectivity index (χ1v) is 10.1. The maximum absolute atomic E-state index is 13.3. The maximum atomic E-state index is 13.3. The van der Waals surface area contributed by atoms with Crippen LogP contribution in [-0.2, 0) is 4.74 Å². The summed E-state index contributed by atoms with van der Waals surface area (Å²) in [6, 6.07) is 11.6. The predicted molar refractivity (Wildman–Crippen MR) is 106 cm³/mol. The Morgan fingerprint density at radius 3 is 2.71 bits per heavy atom. The van der Waals surface area contributed by atoms with Gasteiger partial charge in [0.2, 0.25) is 0 Å². The summed E-state index contributed by atoms with van der Waals surface area (Å²) in [5, 5.41) is 9.53. The van der Waals surface area contributed by atoms with Crippen LogP contribution in [0.3, 0.4) is 0 Å². The molecule has 1 N–H and O–H groups in total. The molecule has 1 saturated heterocycles. The van der Waals surface area contributed by atoms with Gasteiger partial charge in [-0.05, 0) is 41.8 Å². The van der Waals surface area contributed by atoms with Gasteiger partial charge in [0.15, 0.2) is 0 Å². The van der Waals surface area contributed by atoms with E-state index in [0.29, 0.717) is 17.9 Å². The van der Waals surface area contributed by atoms with Gasteiger partial charge in [-0.25, -0.2) is 9.07 Å². The Bertz CT molecular complexity index is 918. The molecular formula is C20H21FN4O2S. The number of nitrogens with one attached hydrogen (secondary N) is 1. The normalized spacial score (nSPS) is 14.9. The SMILES string of the molecule is O=C(NCCN1CCOCC1)c1cc(-c2cccs2)nn1-c1ccc(F)cc1. The molecule has 0 aliphatic carbocycles. The van der Waals surface area contributed by atoms with Crippen molar-refractivity contribution in [2.24, 2.45) is 0 Å². The van der Waals surface area contributed by atoms with Gasteiger partial charge in [0.1, 0.15) is 17.2 Å². The molecule has 1 aliphatic heterocycles. The molecule has 0 saturated carbocycles. The summed E-state index contributed by atoms with van der Waals surface area (Å²) in [6.45, 7) is 4.54. The second-order valence-electron chi connectivity index (χ2n) is 6.49. The molecule has 0 radical (unpaired) electrons. The van der Waals surface area contributed by atoms with Crippen molar-refractivity contribution < 1.29 is 13.9 Å². The number of morpholine rings is 1. The van der Waals surface area contributed by atoms with Crippen LogP contribution >= 0.6 is 11.3 Å². The van der Waals surface area contributed by atoms with E-state index in [-0.39, 0.29) is 11.7 Å². The minimum Gasteiger partial charge on any atom is -0.379 e. The number of benzene rings is 1. The van der Waals surface area contributed by atoms with Gasteiger partial charge in [-0.2, -0.15) is 5.10 Å². The number of thiophene rings is 1. The van der Waals surface area contributed by atoms with E-state index in [0.717, 1.165) is 43.4 Å². The van der Waals surface area contributed by atoms with E-state index in [1.54, 1.807) is 34.2 Å². The van der Waals surface area contributed by atoms with Gasteiger partial charge in [0, 0.05) is 26.2 Å². The van der Waals surface area contributed by atoms with Crippen LogP contribution in [0.1, 0.15) is 10.5 Å². The number of carbonyl (C=O) groups is 1. The molecular weight excluding hydrogens is 379 g/mol. The van der Waals surface area contributed by atoms with E-state index in [4.69, 9.17) is 4.74 Å². The Morgan fingerprint density at radius 2 is 2.00 bits per heavy atom. The van der Waals surface area contributed by atoms with Gasteiger partial charge in [-0.3, -0.25) is 9.69 Å². The van der Waals surface area contributed by atoms with E-state index < -0.39 is 0 Å². The minimum atomic E-state index is -0.328. The highest BCUT2D eigenvalue weighted by molar-refractivity contribution is 7.13. The summed E-state index contributed by atoms with van der Waals surface area (Å²) in [6.07, 6.45) is 0. The van der Waals surface area contributed by atoms with Crippen LogP contribution in [0.25, 0.3) is 16.3 Å². The van der Waals surface area contributed by atoms with E-state index in [9.17, 15) is 9.18 Å². The third kappa shape index (κ3) is 4.30. The van der Waals surface area contributed by atoms with E-state index >= 15 is 0 Å². The van der Waals surface area contributed by atoms with Gasteiger partial charge in [-0.15, -0.1) is 11.3 Å². The van der Waals surface area contributed by atoms with Crippen molar-refractivity contribution in [3.63, 3.8) is 0 Å². The molecule has 2 aromatic heterocycles. The number of halogens is 1. The van der Waals surface area contributed by atoms with Gasteiger partial charge in [0.25, 0.3) is 5.91 Å². The molecule has 146 valence electrons. The zero-order valence-electron chi connectivity index (χ0n) is 15.3. The molecule has 0 spiro atoms. The quantitative estimate of drug-likeness (QED) is 0.691. The molecule has 3 heterocycles. The second kappa shape index (κ2) is 8.64. The average molecular weight is 400 g/mol. The smallest absolute Gasteiger partial charge is 0.270 e. The van der Waals surface area contributed by atoms with Crippen molar-refractivity contribution in [2.45, 2.75) is 0 Å². The lowest BCUT2D eigenvalue weighted by atomic mass is 10.2. The largest absolute Gasteiger partial charge is 0.379 e. The van der Waals surface area contributed by atoms with Crippen LogP contribution in [0.4, 0.5) is 4.39 Å². The fraction of sp³-hybridized carbons (Fsp3) is 0.300. The molecule has 1 fully saturated rings. The van der Waals surface area contributed by atoms with Gasteiger partial charge in [-0.1, -0.05) is 6.07 Å². The Balaban J connectivity index is 1.53. The van der Waals surface area contributed by atoms with Crippen molar-refractivity contribution in [3.05, 3.63) is 59.4 Å². The highest BCUT2D eigenvalue weighted by Crippen LogP contribution is 2.25. The molecule has 3 aromatic rings. The van der Waals surface area contributed by atoms with Crippen LogP contribution < -0.4 is 5.32 Å². The first-order chi connectivity index (χ1) is 13.7. The zero-order valence-corrected chi connectivity index (χ0v) is 16.1. The summed E-state index contributed by atoms with van der Waals surface area (Å²) in [7, 11) is 0. The van der Waals surface area contributed by atoms with Gasteiger partial charge >= 0.3 is 0 Å². The lowest BCUT2D eigenvalue weighted by molar-refractivity contribution is 0.0383. The number of carbonyl (C=O) groups excluding carboxylic acids is 1. The first kappa shape index (κ1) is 18.8. The number of hydrogen-bond donors (Lipinski definition) is 1. The molecule has 1 aromatic carbocycles. The summed E-state index contributed by atoms with van der Waals surface area (Å²) in [4.78, 5) is 16.1. The second-order valence-corrected chi connectivity index (χ2v) is 7.44. The molecule has 0 bridgehead atoms. The Kier molecular flexibility index (Phi) is 5.80. The molecule has 4 rings (SSSR count). The molecule has 1 aliphatic rings. The number of aromatic nitrogens is 2. The third-order valence-corrected chi connectivity index (χ3v) is 5.50. The molecule has 8 heteroatoms. The third-order valence-electron chi connectivity index (χ3n) is 4.60. The zero-order chi connectivity index (χ0) is 19.3. The fourth-order valence-electron chi connectivity index (χ4n) is 3.11. The fourth-order valence-corrected chi connectivity index (χ4v) is 3.79. The van der Waals surface area contributed by atoms with Gasteiger partial charge in [0.05, 0.1) is 23.8 Å². The Hall–Kier alpha value is -2.55. The van der Waals surface area contributed by atoms with Crippen LogP contribution in [-0.4, -0.2) is 60.0 Å². The lowest BCUT2D eigenvalue weighted by Crippen LogP contribution is -2.41. The van der Waals surface area contributed by atoms with E-state index in [2.05, 4.69) is 15.3 Å². The summed E-state index contributed by atoms with van der Waals surface area (Å²) in [5.74, 6) is -0.529. The van der Waals surface area contributed by atoms with Crippen molar-refractivity contribution in [2.75, 3.05) is 39.4 Å². The molecule has 28 heavy (non-hydrogen) atoms. The number of rotatable bonds is 6. The minimum absolute atomic E-state index is 0.201. The highest BCUT2D eigenvalue weighted by atomic mass is 32.1. The maximum Gasteiger partial charge on any atom is 0.270 e. The Morgan fingerprint density at radius 1 is 1.21 bits per heavy atom. The van der Waals surface area contributed by atoms with Crippen molar-refractivity contribution >= 4 is 17.2 Å². The molecule has 0 atom stereocenters. The van der Waals surface area contributed by atoms with E-state index in [1.165, 1.54) is 12.1 Å². The van der Waals surface area contributed by atoms with Crippen molar-refractivity contribution in [3.8, 4) is 16.3 Å². The number of nitrogens with zero attached hydrogens (tertiary/aromatic N) is 3. The predicted octanol–water partition coefficient (Wildman–Crippen LogP) is 2.80. The highest BCUT2D eigenvalue weighted by Gasteiger charge is 2.18. The average Bonchev–Trinajstić information content (AvgIpc) is 3.39. The molecule has 6 nitrogen and oxygen atoms in total. The van der Waals surface area contributed by atoms with Crippen molar-refractivity contribution in [1.29, 1.82) is 0 Å². The van der Waals surface area contributed by atoms with Gasteiger partial charge < -0.3 is 10.1 Å².